The summed E-state index contributed by atoms with van der Waals surface area (Å²) < 4.78 is 1.41. The summed E-state index contributed by atoms with van der Waals surface area (Å²) in [6, 6.07) is 8.90. The Kier molecular flexibility index (Phi) is 2.46. The van der Waals surface area contributed by atoms with Gasteiger partial charge in [0.1, 0.15) is 0 Å². The van der Waals surface area contributed by atoms with Crippen LogP contribution < -0.4 is 5.56 Å². The van der Waals surface area contributed by atoms with Crippen LogP contribution in [0.5, 0.6) is 5.88 Å². The highest BCUT2D eigenvalue weighted by molar-refractivity contribution is 5.86. The lowest BCUT2D eigenvalue weighted by Gasteiger charge is -2.09. The van der Waals surface area contributed by atoms with Crippen molar-refractivity contribution in [1.82, 2.24) is 4.57 Å². The van der Waals surface area contributed by atoms with Gasteiger partial charge in [0.15, 0.2) is 0 Å². The van der Waals surface area contributed by atoms with Crippen LogP contribution in [0.15, 0.2) is 35.1 Å². The van der Waals surface area contributed by atoms with Gasteiger partial charge in [0.05, 0.1) is 0 Å². The molecule has 0 amide bonds. The number of pyridine rings is 1. The van der Waals surface area contributed by atoms with E-state index in [0.29, 0.717) is 6.54 Å². The average Bonchev–Trinajstić information content (AvgIpc) is 2.24. The van der Waals surface area contributed by atoms with Crippen LogP contribution >= 0.6 is 0 Å². The van der Waals surface area contributed by atoms with Gasteiger partial charge < -0.3 is 5.11 Å². The SMILES string of the molecule is CCCn1c(O)c2ccccc2cc1=O. The lowest BCUT2D eigenvalue weighted by Crippen LogP contribution is -2.18. The maximum absolute atomic E-state index is 11.6. The van der Waals surface area contributed by atoms with Crippen LogP contribution in [0.2, 0.25) is 0 Å². The van der Waals surface area contributed by atoms with Crippen LogP contribution in [0.25, 0.3) is 10.8 Å². The lowest BCUT2D eigenvalue weighted by atomic mass is 10.1. The van der Waals surface area contributed by atoms with Gasteiger partial charge in [0, 0.05) is 18.0 Å². The molecular formula is C12H13NO2. The fraction of sp³-hybridized carbons (Fsp3) is 0.250. The highest BCUT2D eigenvalue weighted by atomic mass is 16.3. The predicted octanol–water partition coefficient (Wildman–Crippen LogP) is 2.12. The Morgan fingerprint density at radius 2 is 2.07 bits per heavy atom. The van der Waals surface area contributed by atoms with E-state index < -0.39 is 0 Å². The number of benzene rings is 1. The van der Waals surface area contributed by atoms with Crippen LogP contribution in [-0.2, 0) is 6.54 Å². The lowest BCUT2D eigenvalue weighted by molar-refractivity contribution is 0.412. The van der Waals surface area contributed by atoms with Crippen LogP contribution in [0.3, 0.4) is 0 Å². The van der Waals surface area contributed by atoms with Crippen molar-refractivity contribution in [3.63, 3.8) is 0 Å². The van der Waals surface area contributed by atoms with Crippen molar-refractivity contribution in [3.8, 4) is 5.88 Å². The minimum absolute atomic E-state index is 0.0694. The molecule has 2 rings (SSSR count). The number of fused-ring (bicyclic) bond motifs is 1. The van der Waals surface area contributed by atoms with Crippen molar-refractivity contribution in [2.45, 2.75) is 19.9 Å². The van der Waals surface area contributed by atoms with Gasteiger partial charge in [-0.1, -0.05) is 25.1 Å². The van der Waals surface area contributed by atoms with Crippen molar-refractivity contribution >= 4 is 10.8 Å². The molecule has 2 aromatic rings. The Bertz CT molecular complexity index is 543. The van der Waals surface area contributed by atoms with Crippen molar-refractivity contribution < 1.29 is 5.11 Å². The molecule has 0 aliphatic carbocycles. The smallest absolute Gasteiger partial charge is 0.253 e. The standard InChI is InChI=1S/C12H13NO2/c1-2-7-13-11(14)8-9-5-3-4-6-10(9)12(13)15/h3-6,8,15H,2,7H2,1H3. The molecule has 1 heterocycles. The fourth-order valence-corrected chi connectivity index (χ4v) is 1.73. The van der Waals surface area contributed by atoms with Gasteiger partial charge in [0.25, 0.3) is 5.56 Å². The van der Waals surface area contributed by atoms with Crippen LogP contribution in [0.1, 0.15) is 13.3 Å². The van der Waals surface area contributed by atoms with Crippen molar-refractivity contribution in [2.24, 2.45) is 0 Å². The summed E-state index contributed by atoms with van der Waals surface area (Å²) in [5.41, 5.74) is -0.145. The summed E-state index contributed by atoms with van der Waals surface area (Å²) in [4.78, 5) is 11.6. The normalized spacial score (nSPS) is 10.7. The Labute approximate surface area is 87.6 Å². The van der Waals surface area contributed by atoms with E-state index in [-0.39, 0.29) is 11.4 Å². The molecule has 0 fully saturated rings. The fourth-order valence-electron chi connectivity index (χ4n) is 1.73. The second-order valence-corrected chi connectivity index (χ2v) is 3.55. The summed E-state index contributed by atoms with van der Waals surface area (Å²) in [7, 11) is 0. The second kappa shape index (κ2) is 3.77. The number of rotatable bonds is 2. The van der Waals surface area contributed by atoms with Gasteiger partial charge in [-0.15, -0.1) is 0 Å². The maximum atomic E-state index is 11.6. The highest BCUT2D eigenvalue weighted by Gasteiger charge is 2.06. The molecule has 15 heavy (non-hydrogen) atoms. The minimum atomic E-state index is -0.145. The molecule has 0 bridgehead atoms. The van der Waals surface area contributed by atoms with Gasteiger partial charge in [-0.2, -0.15) is 0 Å². The molecule has 0 aliphatic heterocycles. The Balaban J connectivity index is 2.78. The average molecular weight is 203 g/mol. The molecule has 1 N–H and O–H groups in total. The van der Waals surface area contributed by atoms with Gasteiger partial charge in [-0.25, -0.2) is 0 Å². The Morgan fingerprint density at radius 1 is 1.33 bits per heavy atom. The van der Waals surface area contributed by atoms with Gasteiger partial charge >= 0.3 is 0 Å². The first-order valence-corrected chi connectivity index (χ1v) is 5.05. The van der Waals surface area contributed by atoms with Crippen molar-refractivity contribution in [3.05, 3.63) is 40.7 Å². The molecule has 3 nitrogen and oxygen atoms in total. The molecule has 0 atom stereocenters. The molecule has 0 spiro atoms. The van der Waals surface area contributed by atoms with E-state index in [4.69, 9.17) is 0 Å². The van der Waals surface area contributed by atoms with E-state index in [1.54, 1.807) is 6.07 Å². The zero-order valence-electron chi connectivity index (χ0n) is 8.60. The minimum Gasteiger partial charge on any atom is -0.494 e. The number of nitrogens with zero attached hydrogens (tertiary/aromatic N) is 1. The summed E-state index contributed by atoms with van der Waals surface area (Å²) in [6.07, 6.45) is 0.825. The summed E-state index contributed by atoms with van der Waals surface area (Å²) in [5, 5.41) is 11.4. The van der Waals surface area contributed by atoms with Crippen molar-refractivity contribution in [2.75, 3.05) is 0 Å². The van der Waals surface area contributed by atoms with Crippen LogP contribution in [0.4, 0.5) is 0 Å². The number of hydrogen-bond donors (Lipinski definition) is 1. The van der Waals surface area contributed by atoms with E-state index in [0.717, 1.165) is 17.2 Å². The molecule has 0 unspecified atom stereocenters. The number of aromatic nitrogens is 1. The predicted molar refractivity (Wildman–Crippen MR) is 60.2 cm³/mol. The quantitative estimate of drug-likeness (QED) is 0.812. The molecule has 3 heteroatoms. The van der Waals surface area contributed by atoms with Gasteiger partial charge in [-0.05, 0) is 17.9 Å². The molecule has 78 valence electrons. The third-order valence-electron chi connectivity index (χ3n) is 2.45. The van der Waals surface area contributed by atoms with E-state index >= 15 is 0 Å². The van der Waals surface area contributed by atoms with Crippen LogP contribution in [0, 0.1) is 0 Å². The molecule has 0 saturated carbocycles. The van der Waals surface area contributed by atoms with E-state index in [2.05, 4.69) is 0 Å². The summed E-state index contributed by atoms with van der Waals surface area (Å²) in [5.74, 6) is 0.0694. The molecule has 0 radical (unpaired) electrons. The third-order valence-corrected chi connectivity index (χ3v) is 2.45. The Morgan fingerprint density at radius 3 is 2.80 bits per heavy atom. The largest absolute Gasteiger partial charge is 0.494 e. The topological polar surface area (TPSA) is 42.2 Å². The zero-order valence-corrected chi connectivity index (χ0v) is 8.60. The van der Waals surface area contributed by atoms with Crippen LogP contribution in [-0.4, -0.2) is 9.67 Å². The number of aromatic hydroxyl groups is 1. The molecular weight excluding hydrogens is 190 g/mol. The van der Waals surface area contributed by atoms with E-state index in [1.807, 2.05) is 31.2 Å². The Hall–Kier alpha value is -1.77. The maximum Gasteiger partial charge on any atom is 0.253 e. The molecule has 0 saturated heterocycles. The summed E-state index contributed by atoms with van der Waals surface area (Å²) >= 11 is 0. The van der Waals surface area contributed by atoms with Gasteiger partial charge in [-0.3, -0.25) is 9.36 Å². The van der Waals surface area contributed by atoms with E-state index in [1.165, 1.54) is 4.57 Å². The number of hydrogen-bond acceptors (Lipinski definition) is 2. The van der Waals surface area contributed by atoms with Crippen molar-refractivity contribution in [1.29, 1.82) is 0 Å². The first-order valence-electron chi connectivity index (χ1n) is 5.05. The molecule has 0 aliphatic rings. The highest BCUT2D eigenvalue weighted by Crippen LogP contribution is 2.21. The van der Waals surface area contributed by atoms with Gasteiger partial charge in [0.2, 0.25) is 5.88 Å². The zero-order chi connectivity index (χ0) is 10.8. The molecule has 1 aromatic heterocycles. The third kappa shape index (κ3) is 1.61. The second-order valence-electron chi connectivity index (χ2n) is 3.55. The molecule has 1 aromatic carbocycles. The monoisotopic (exact) mass is 203 g/mol. The first kappa shape index (κ1) is 9.77. The first-order chi connectivity index (χ1) is 7.24. The summed E-state index contributed by atoms with van der Waals surface area (Å²) in [6.45, 7) is 2.52. The van der Waals surface area contributed by atoms with E-state index in [9.17, 15) is 9.90 Å².